The van der Waals surface area contributed by atoms with Gasteiger partial charge in [0.15, 0.2) is 0 Å². The number of hydrogen-bond acceptors (Lipinski definition) is 5. The van der Waals surface area contributed by atoms with E-state index in [1.54, 1.807) is 11.7 Å². The molecule has 6 nitrogen and oxygen atoms in total. The van der Waals surface area contributed by atoms with Crippen LogP contribution in [0.2, 0.25) is 0 Å². The molecule has 26 heavy (non-hydrogen) atoms. The summed E-state index contributed by atoms with van der Waals surface area (Å²) in [5, 5.41) is 3.81. The Labute approximate surface area is 156 Å². The first-order chi connectivity index (χ1) is 12.5. The van der Waals surface area contributed by atoms with E-state index in [1.165, 1.54) is 39.7 Å². The van der Waals surface area contributed by atoms with Gasteiger partial charge in [0, 0.05) is 16.8 Å². The van der Waals surface area contributed by atoms with Crippen LogP contribution in [0.1, 0.15) is 40.0 Å². The van der Waals surface area contributed by atoms with Gasteiger partial charge in [-0.05, 0) is 66.9 Å². The molecule has 136 valence electrons. The van der Waals surface area contributed by atoms with Crippen LogP contribution in [-0.2, 0) is 35.7 Å². The Morgan fingerprint density at radius 1 is 1.12 bits per heavy atom. The molecule has 0 atom stereocenters. The second-order valence-corrected chi connectivity index (χ2v) is 9.03. The Bertz CT molecular complexity index is 947. The molecule has 0 saturated heterocycles. The van der Waals surface area contributed by atoms with Gasteiger partial charge in [0.2, 0.25) is 0 Å². The van der Waals surface area contributed by atoms with Crippen molar-refractivity contribution >= 4 is 39.2 Å². The van der Waals surface area contributed by atoms with E-state index >= 15 is 0 Å². The molecule has 0 bridgehead atoms. The fourth-order valence-corrected chi connectivity index (χ4v) is 5.04. The summed E-state index contributed by atoms with van der Waals surface area (Å²) in [4.78, 5) is 16.9. The Morgan fingerprint density at radius 2 is 1.81 bits per heavy atom. The molecule has 2 aliphatic carbocycles. The van der Waals surface area contributed by atoms with Crippen molar-refractivity contribution in [3.63, 3.8) is 0 Å². The molecule has 0 radical (unpaired) electrons. The third-order valence-electron chi connectivity index (χ3n) is 4.81. The number of fused-ring (bicyclic) bond motifs is 2. The standard InChI is InChI=1S/C18H19N3O3S2/c22-18(21-26(23,24)8-7-14-10-19-11-25-14)20-17-15-5-1-3-12(15)9-13-4-2-6-16(13)17/h7-11H,1-6H2,(H2,20,21,22)/b8-7+. The third-order valence-corrected chi connectivity index (χ3v) is 6.51. The Balaban J connectivity index is 1.52. The highest BCUT2D eigenvalue weighted by molar-refractivity contribution is 7.93. The molecule has 0 unspecified atom stereocenters. The maximum Gasteiger partial charge on any atom is 0.333 e. The van der Waals surface area contributed by atoms with Crippen molar-refractivity contribution in [2.45, 2.75) is 38.5 Å². The van der Waals surface area contributed by atoms with E-state index in [0.717, 1.165) is 49.6 Å². The van der Waals surface area contributed by atoms with E-state index in [4.69, 9.17) is 0 Å². The van der Waals surface area contributed by atoms with Gasteiger partial charge in [0.05, 0.1) is 10.9 Å². The molecule has 8 heteroatoms. The van der Waals surface area contributed by atoms with Crippen LogP contribution < -0.4 is 10.0 Å². The number of nitrogens with one attached hydrogen (secondary N) is 2. The number of rotatable bonds is 4. The maximum absolute atomic E-state index is 12.3. The van der Waals surface area contributed by atoms with Crippen LogP contribution in [-0.4, -0.2) is 19.4 Å². The minimum absolute atomic E-state index is 0.703. The smallest absolute Gasteiger partial charge is 0.307 e. The number of carbonyl (C=O) groups excluding carboxylic acids is 1. The predicted octanol–water partition coefficient (Wildman–Crippen LogP) is 3.24. The van der Waals surface area contributed by atoms with Crippen LogP contribution in [0, 0.1) is 0 Å². The molecule has 0 fully saturated rings. The summed E-state index contributed by atoms with van der Waals surface area (Å²) in [6.45, 7) is 0. The molecule has 0 saturated carbocycles. The lowest BCUT2D eigenvalue weighted by Crippen LogP contribution is -2.33. The number of amides is 2. The normalized spacial score (nSPS) is 15.8. The Hall–Kier alpha value is -2.19. The summed E-state index contributed by atoms with van der Waals surface area (Å²) < 4.78 is 26.3. The zero-order valence-electron chi connectivity index (χ0n) is 14.1. The van der Waals surface area contributed by atoms with Gasteiger partial charge < -0.3 is 5.32 Å². The van der Waals surface area contributed by atoms with Crippen molar-refractivity contribution in [3.8, 4) is 0 Å². The number of anilines is 1. The summed E-state index contributed by atoms with van der Waals surface area (Å²) >= 11 is 1.32. The van der Waals surface area contributed by atoms with Crippen molar-refractivity contribution < 1.29 is 13.2 Å². The lowest BCUT2D eigenvalue weighted by molar-refractivity contribution is 0.256. The highest BCUT2D eigenvalue weighted by Gasteiger charge is 2.25. The van der Waals surface area contributed by atoms with Crippen LogP contribution in [0.5, 0.6) is 0 Å². The topological polar surface area (TPSA) is 88.2 Å². The SMILES string of the molecule is O=C(Nc1c2c(cc3c1CCC3)CCC2)NS(=O)(=O)/C=C/c1cncs1. The van der Waals surface area contributed by atoms with Gasteiger partial charge in [0.25, 0.3) is 10.0 Å². The third kappa shape index (κ3) is 3.52. The molecule has 0 spiro atoms. The second-order valence-electron chi connectivity index (χ2n) is 6.54. The quantitative estimate of drug-likeness (QED) is 0.840. The number of hydrogen-bond donors (Lipinski definition) is 2. The van der Waals surface area contributed by atoms with Crippen molar-refractivity contribution in [2.75, 3.05) is 5.32 Å². The fraction of sp³-hybridized carbons (Fsp3) is 0.333. The molecule has 1 aromatic carbocycles. The minimum Gasteiger partial charge on any atom is -0.307 e. The average Bonchev–Trinajstić information content (AvgIpc) is 3.33. The molecule has 4 rings (SSSR count). The van der Waals surface area contributed by atoms with E-state index in [9.17, 15) is 13.2 Å². The van der Waals surface area contributed by atoms with Gasteiger partial charge in [-0.25, -0.2) is 17.9 Å². The summed E-state index contributed by atoms with van der Waals surface area (Å²) in [6.07, 6.45) is 9.03. The van der Waals surface area contributed by atoms with Crippen molar-refractivity contribution in [3.05, 3.63) is 50.3 Å². The summed E-state index contributed by atoms with van der Waals surface area (Å²) in [7, 11) is -3.87. The molecule has 1 aromatic heterocycles. The maximum atomic E-state index is 12.3. The van der Waals surface area contributed by atoms with Gasteiger partial charge in [0.1, 0.15) is 0 Å². The highest BCUT2D eigenvalue weighted by Crippen LogP contribution is 2.38. The van der Waals surface area contributed by atoms with E-state index in [-0.39, 0.29) is 0 Å². The lowest BCUT2D eigenvalue weighted by Gasteiger charge is -2.16. The number of carbonyl (C=O) groups is 1. The van der Waals surface area contributed by atoms with Gasteiger partial charge in [-0.15, -0.1) is 11.3 Å². The summed E-state index contributed by atoms with van der Waals surface area (Å²) in [6, 6.07) is 1.55. The summed E-state index contributed by atoms with van der Waals surface area (Å²) in [5.74, 6) is 0. The van der Waals surface area contributed by atoms with Crippen LogP contribution in [0.15, 0.2) is 23.2 Å². The number of thiazole rings is 1. The van der Waals surface area contributed by atoms with Crippen molar-refractivity contribution in [1.82, 2.24) is 9.71 Å². The summed E-state index contributed by atoms with van der Waals surface area (Å²) in [5.41, 5.74) is 7.34. The first kappa shape index (κ1) is 17.2. The Morgan fingerprint density at radius 3 is 2.42 bits per heavy atom. The van der Waals surface area contributed by atoms with E-state index in [2.05, 4.69) is 21.1 Å². The number of benzene rings is 1. The number of aromatic nitrogens is 1. The fourth-order valence-electron chi connectivity index (χ4n) is 3.73. The van der Waals surface area contributed by atoms with Crippen LogP contribution in [0.25, 0.3) is 6.08 Å². The first-order valence-electron chi connectivity index (χ1n) is 8.59. The first-order valence-corrected chi connectivity index (χ1v) is 11.0. The van der Waals surface area contributed by atoms with Gasteiger partial charge >= 0.3 is 6.03 Å². The van der Waals surface area contributed by atoms with Gasteiger partial charge in [-0.3, -0.25) is 4.98 Å². The molecule has 1 heterocycles. The van der Waals surface area contributed by atoms with E-state index in [1.807, 2.05) is 0 Å². The molecule has 2 aromatic rings. The lowest BCUT2D eigenvalue weighted by atomic mass is 9.99. The largest absolute Gasteiger partial charge is 0.333 e. The number of urea groups is 1. The molecule has 2 N–H and O–H groups in total. The predicted molar refractivity (Wildman–Crippen MR) is 103 cm³/mol. The highest BCUT2D eigenvalue weighted by atomic mass is 32.2. The molecular formula is C18H19N3O3S2. The zero-order valence-corrected chi connectivity index (χ0v) is 15.8. The molecular weight excluding hydrogens is 370 g/mol. The molecule has 2 aliphatic rings. The minimum atomic E-state index is -3.87. The molecule has 2 amide bonds. The number of nitrogens with zero attached hydrogens (tertiary/aromatic N) is 1. The number of sulfonamides is 1. The van der Waals surface area contributed by atoms with E-state index < -0.39 is 16.1 Å². The monoisotopic (exact) mass is 389 g/mol. The zero-order chi connectivity index (χ0) is 18.1. The van der Waals surface area contributed by atoms with Crippen LogP contribution in [0.4, 0.5) is 10.5 Å². The van der Waals surface area contributed by atoms with E-state index in [0.29, 0.717) is 4.88 Å². The van der Waals surface area contributed by atoms with Crippen LogP contribution in [0.3, 0.4) is 0 Å². The van der Waals surface area contributed by atoms with Crippen LogP contribution >= 0.6 is 11.3 Å². The average molecular weight is 390 g/mol. The van der Waals surface area contributed by atoms with Gasteiger partial charge in [-0.2, -0.15) is 0 Å². The van der Waals surface area contributed by atoms with Gasteiger partial charge in [-0.1, -0.05) is 6.07 Å². The van der Waals surface area contributed by atoms with Crippen molar-refractivity contribution in [1.29, 1.82) is 0 Å². The molecule has 0 aliphatic heterocycles. The second kappa shape index (κ2) is 6.85. The Kier molecular flexibility index (Phi) is 4.54. The number of aryl methyl sites for hydroxylation is 2. The van der Waals surface area contributed by atoms with Crippen molar-refractivity contribution in [2.24, 2.45) is 0 Å².